The Kier molecular flexibility index (Phi) is 3.65. The van der Waals surface area contributed by atoms with Crippen molar-refractivity contribution in [1.29, 1.82) is 0 Å². The molecule has 1 aromatic heterocycles. The summed E-state index contributed by atoms with van der Waals surface area (Å²) in [6, 6.07) is 14.6. The number of hydrogen-bond donors (Lipinski definition) is 0. The van der Waals surface area contributed by atoms with Crippen LogP contribution in [0.1, 0.15) is 5.56 Å². The molecule has 20 heavy (non-hydrogen) atoms. The molecule has 0 aliphatic rings. The maximum absolute atomic E-state index is 13.4. The molecule has 0 atom stereocenters. The molecule has 4 heteroatoms. The standard InChI is InChI=1S/C16H11BrFNO/c17-14-7-6-13(9-15(14)18)20-10-12-4-1-3-11-5-2-8-19-16(11)12/h1-9H,10H2. The van der Waals surface area contributed by atoms with E-state index in [9.17, 15) is 4.39 Å². The van der Waals surface area contributed by atoms with Crippen molar-refractivity contribution in [3.05, 3.63) is 70.6 Å². The van der Waals surface area contributed by atoms with E-state index in [1.54, 1.807) is 18.3 Å². The minimum absolute atomic E-state index is 0.335. The Labute approximate surface area is 124 Å². The van der Waals surface area contributed by atoms with E-state index in [4.69, 9.17) is 4.74 Å². The zero-order chi connectivity index (χ0) is 13.9. The normalized spacial score (nSPS) is 10.7. The van der Waals surface area contributed by atoms with Crippen LogP contribution < -0.4 is 4.74 Å². The van der Waals surface area contributed by atoms with Crippen molar-refractivity contribution < 1.29 is 9.13 Å². The number of para-hydroxylation sites is 1. The quantitative estimate of drug-likeness (QED) is 0.693. The van der Waals surface area contributed by atoms with Crippen molar-refractivity contribution in [2.24, 2.45) is 0 Å². The number of ether oxygens (including phenoxy) is 1. The first kappa shape index (κ1) is 13.1. The van der Waals surface area contributed by atoms with Crippen LogP contribution in [0, 0.1) is 5.82 Å². The summed E-state index contributed by atoms with van der Waals surface area (Å²) in [5.74, 6) is 0.164. The fraction of sp³-hybridized carbons (Fsp3) is 0.0625. The van der Waals surface area contributed by atoms with E-state index < -0.39 is 0 Å². The van der Waals surface area contributed by atoms with Gasteiger partial charge in [0.1, 0.15) is 18.2 Å². The van der Waals surface area contributed by atoms with Crippen LogP contribution in [0.2, 0.25) is 0 Å². The second-order valence-electron chi connectivity index (χ2n) is 4.36. The van der Waals surface area contributed by atoms with E-state index >= 15 is 0 Å². The van der Waals surface area contributed by atoms with Crippen molar-refractivity contribution in [3.63, 3.8) is 0 Å². The lowest BCUT2D eigenvalue weighted by Gasteiger charge is -2.09. The van der Waals surface area contributed by atoms with Crippen LogP contribution in [-0.2, 0) is 6.61 Å². The summed E-state index contributed by atoms with van der Waals surface area (Å²) in [5, 5.41) is 1.07. The van der Waals surface area contributed by atoms with Gasteiger partial charge in [-0.25, -0.2) is 4.39 Å². The largest absolute Gasteiger partial charge is 0.489 e. The van der Waals surface area contributed by atoms with Crippen molar-refractivity contribution >= 4 is 26.8 Å². The van der Waals surface area contributed by atoms with Crippen LogP contribution in [0.15, 0.2) is 59.2 Å². The van der Waals surface area contributed by atoms with E-state index in [0.717, 1.165) is 16.5 Å². The lowest BCUT2D eigenvalue weighted by Crippen LogP contribution is -1.97. The predicted molar refractivity (Wildman–Crippen MR) is 80.2 cm³/mol. The highest BCUT2D eigenvalue weighted by atomic mass is 79.9. The highest BCUT2D eigenvalue weighted by Gasteiger charge is 2.05. The first-order valence-corrected chi connectivity index (χ1v) is 6.94. The number of aromatic nitrogens is 1. The average molecular weight is 332 g/mol. The third kappa shape index (κ3) is 2.65. The minimum atomic E-state index is -0.335. The summed E-state index contributed by atoms with van der Waals surface area (Å²) in [6.45, 7) is 0.357. The maximum atomic E-state index is 13.4. The second kappa shape index (κ2) is 5.59. The zero-order valence-electron chi connectivity index (χ0n) is 10.5. The fourth-order valence-electron chi connectivity index (χ4n) is 2.01. The van der Waals surface area contributed by atoms with Gasteiger partial charge in [-0.05, 0) is 34.1 Å². The van der Waals surface area contributed by atoms with Gasteiger partial charge < -0.3 is 4.74 Å². The number of benzene rings is 2. The summed E-state index contributed by atoms with van der Waals surface area (Å²) >= 11 is 3.12. The van der Waals surface area contributed by atoms with Gasteiger partial charge in [0.05, 0.1) is 9.99 Å². The van der Waals surface area contributed by atoms with Crippen molar-refractivity contribution in [3.8, 4) is 5.75 Å². The third-order valence-corrected chi connectivity index (χ3v) is 3.64. The summed E-state index contributed by atoms with van der Waals surface area (Å²) in [4.78, 5) is 4.36. The van der Waals surface area contributed by atoms with Crippen LogP contribution >= 0.6 is 15.9 Å². The van der Waals surface area contributed by atoms with Crippen molar-refractivity contribution in [2.45, 2.75) is 6.61 Å². The van der Waals surface area contributed by atoms with E-state index in [0.29, 0.717) is 16.8 Å². The van der Waals surface area contributed by atoms with Gasteiger partial charge in [0.2, 0.25) is 0 Å². The van der Waals surface area contributed by atoms with Gasteiger partial charge in [-0.2, -0.15) is 0 Å². The SMILES string of the molecule is Fc1cc(OCc2cccc3cccnc23)ccc1Br. The number of fused-ring (bicyclic) bond motifs is 1. The molecule has 0 N–H and O–H groups in total. The number of rotatable bonds is 3. The van der Waals surface area contributed by atoms with Gasteiger partial charge in [0.25, 0.3) is 0 Å². The molecule has 0 aliphatic carbocycles. The van der Waals surface area contributed by atoms with Crippen LogP contribution in [-0.4, -0.2) is 4.98 Å². The first-order valence-electron chi connectivity index (χ1n) is 6.14. The third-order valence-electron chi connectivity index (χ3n) is 3.00. The molecular formula is C16H11BrFNO. The van der Waals surface area contributed by atoms with Crippen LogP contribution in [0.5, 0.6) is 5.75 Å². The minimum Gasteiger partial charge on any atom is -0.489 e. The monoisotopic (exact) mass is 331 g/mol. The molecule has 0 saturated carbocycles. The van der Waals surface area contributed by atoms with Gasteiger partial charge in [-0.15, -0.1) is 0 Å². The van der Waals surface area contributed by atoms with Crippen LogP contribution in [0.4, 0.5) is 4.39 Å². The average Bonchev–Trinajstić information content (AvgIpc) is 2.48. The maximum Gasteiger partial charge on any atom is 0.141 e. The number of pyridine rings is 1. The smallest absolute Gasteiger partial charge is 0.141 e. The van der Waals surface area contributed by atoms with Gasteiger partial charge in [-0.3, -0.25) is 4.98 Å². The molecule has 0 spiro atoms. The molecule has 0 aliphatic heterocycles. The Morgan fingerprint density at radius 2 is 1.95 bits per heavy atom. The predicted octanol–water partition coefficient (Wildman–Crippen LogP) is 4.72. The Bertz CT molecular complexity index is 755. The topological polar surface area (TPSA) is 22.1 Å². The van der Waals surface area contributed by atoms with Crippen LogP contribution in [0.25, 0.3) is 10.9 Å². The molecule has 3 rings (SSSR count). The Balaban J connectivity index is 1.85. The van der Waals surface area contributed by atoms with Gasteiger partial charge in [0, 0.05) is 23.2 Å². The molecule has 1 heterocycles. The van der Waals surface area contributed by atoms with E-state index in [2.05, 4.69) is 20.9 Å². The van der Waals surface area contributed by atoms with Crippen molar-refractivity contribution in [1.82, 2.24) is 4.98 Å². The summed E-state index contributed by atoms with van der Waals surface area (Å²) < 4.78 is 19.5. The molecule has 100 valence electrons. The second-order valence-corrected chi connectivity index (χ2v) is 5.21. The van der Waals surface area contributed by atoms with Gasteiger partial charge in [0.15, 0.2) is 0 Å². The number of halogens is 2. The molecular weight excluding hydrogens is 321 g/mol. The molecule has 0 bridgehead atoms. The van der Waals surface area contributed by atoms with Crippen LogP contribution in [0.3, 0.4) is 0 Å². The molecule has 0 unspecified atom stereocenters. The van der Waals surface area contributed by atoms with Gasteiger partial charge >= 0.3 is 0 Å². The molecule has 2 nitrogen and oxygen atoms in total. The Hall–Kier alpha value is -1.94. The Morgan fingerprint density at radius 1 is 1.10 bits per heavy atom. The molecule has 3 aromatic rings. The number of nitrogens with zero attached hydrogens (tertiary/aromatic N) is 1. The lowest BCUT2D eigenvalue weighted by atomic mass is 10.1. The van der Waals surface area contributed by atoms with E-state index in [-0.39, 0.29) is 5.82 Å². The molecule has 0 fully saturated rings. The summed E-state index contributed by atoms with van der Waals surface area (Å²) in [7, 11) is 0. The highest BCUT2D eigenvalue weighted by Crippen LogP contribution is 2.23. The van der Waals surface area contributed by atoms with Crippen molar-refractivity contribution in [2.75, 3.05) is 0 Å². The van der Waals surface area contributed by atoms with E-state index in [1.165, 1.54) is 6.07 Å². The van der Waals surface area contributed by atoms with Gasteiger partial charge in [-0.1, -0.05) is 24.3 Å². The molecule has 2 aromatic carbocycles. The lowest BCUT2D eigenvalue weighted by molar-refractivity contribution is 0.305. The summed E-state index contributed by atoms with van der Waals surface area (Å²) in [5.41, 5.74) is 1.89. The van der Waals surface area contributed by atoms with E-state index in [1.807, 2.05) is 30.3 Å². The zero-order valence-corrected chi connectivity index (χ0v) is 12.1. The Morgan fingerprint density at radius 3 is 2.80 bits per heavy atom. The summed E-state index contributed by atoms with van der Waals surface area (Å²) in [6.07, 6.45) is 1.76. The number of hydrogen-bond acceptors (Lipinski definition) is 2. The molecule has 0 amide bonds. The molecule has 0 radical (unpaired) electrons. The first-order chi connectivity index (χ1) is 9.74. The fourth-order valence-corrected chi connectivity index (χ4v) is 2.26. The molecule has 0 saturated heterocycles. The highest BCUT2D eigenvalue weighted by molar-refractivity contribution is 9.10.